The monoisotopic (exact) mass is 314 g/mol. The second kappa shape index (κ2) is 6.37. The Morgan fingerprint density at radius 1 is 1.35 bits per heavy atom. The molecule has 4 nitrogen and oxygen atoms in total. The van der Waals surface area contributed by atoms with E-state index in [1.165, 1.54) is 0 Å². The van der Waals surface area contributed by atoms with E-state index in [-0.39, 0.29) is 0 Å². The number of hydrogen-bond acceptors (Lipinski definition) is 3. The van der Waals surface area contributed by atoms with Gasteiger partial charge in [0.2, 0.25) is 0 Å². The summed E-state index contributed by atoms with van der Waals surface area (Å²) in [6.45, 7) is 2.22. The number of halogens is 2. The summed E-state index contributed by atoms with van der Waals surface area (Å²) >= 11 is 12.1. The number of ether oxygens (including phenoxy) is 2. The summed E-state index contributed by atoms with van der Waals surface area (Å²) in [6.07, 6.45) is 0. The standard InChI is InChI=1S/C14H16Cl2N2O2/c1-9-11(14(16)18(2)17-9)8-20-13-10(7-15)5-4-6-12(13)19-3/h4-6H,7-8H2,1-3H3. The highest BCUT2D eigenvalue weighted by Gasteiger charge is 2.15. The molecule has 0 radical (unpaired) electrons. The number of nitrogens with zero attached hydrogens (tertiary/aromatic N) is 2. The number of aryl methyl sites for hydroxylation is 2. The van der Waals surface area contributed by atoms with Crippen LogP contribution in [0, 0.1) is 6.92 Å². The minimum atomic E-state index is 0.322. The lowest BCUT2D eigenvalue weighted by Gasteiger charge is -2.13. The van der Waals surface area contributed by atoms with Crippen LogP contribution in [-0.4, -0.2) is 16.9 Å². The number of hydrogen-bond donors (Lipinski definition) is 0. The highest BCUT2D eigenvalue weighted by atomic mass is 35.5. The van der Waals surface area contributed by atoms with Gasteiger partial charge in [-0.25, -0.2) is 0 Å². The molecule has 0 saturated carbocycles. The van der Waals surface area contributed by atoms with Crippen LogP contribution in [0.25, 0.3) is 0 Å². The van der Waals surface area contributed by atoms with Gasteiger partial charge < -0.3 is 9.47 Å². The van der Waals surface area contributed by atoms with E-state index in [1.807, 2.05) is 25.1 Å². The molecule has 1 heterocycles. The van der Waals surface area contributed by atoms with Gasteiger partial charge >= 0.3 is 0 Å². The Kier molecular flexibility index (Phi) is 4.78. The second-order valence-electron chi connectivity index (χ2n) is 4.35. The molecule has 0 saturated heterocycles. The average Bonchev–Trinajstić information content (AvgIpc) is 2.69. The van der Waals surface area contributed by atoms with Crippen molar-refractivity contribution in [3.8, 4) is 11.5 Å². The number of aromatic nitrogens is 2. The number of benzene rings is 1. The maximum absolute atomic E-state index is 6.19. The molecule has 2 aromatic rings. The van der Waals surface area contributed by atoms with Gasteiger partial charge in [-0.1, -0.05) is 23.7 Å². The zero-order valence-corrected chi connectivity index (χ0v) is 13.1. The predicted octanol–water partition coefficient (Wildman–Crippen LogP) is 3.71. The molecule has 0 aliphatic rings. The van der Waals surface area contributed by atoms with Crippen molar-refractivity contribution in [3.05, 3.63) is 40.2 Å². The molecule has 6 heteroatoms. The molecule has 0 spiro atoms. The summed E-state index contributed by atoms with van der Waals surface area (Å²) in [5.41, 5.74) is 2.59. The van der Waals surface area contributed by atoms with E-state index in [9.17, 15) is 0 Å². The predicted molar refractivity (Wildman–Crippen MR) is 79.8 cm³/mol. The smallest absolute Gasteiger partial charge is 0.166 e. The van der Waals surface area contributed by atoms with Crippen LogP contribution in [0.1, 0.15) is 16.8 Å². The summed E-state index contributed by atoms with van der Waals surface area (Å²) in [7, 11) is 3.40. The van der Waals surface area contributed by atoms with E-state index < -0.39 is 0 Å². The zero-order chi connectivity index (χ0) is 14.7. The van der Waals surface area contributed by atoms with E-state index in [2.05, 4.69) is 5.10 Å². The van der Waals surface area contributed by atoms with Gasteiger partial charge in [-0.3, -0.25) is 4.68 Å². The zero-order valence-electron chi connectivity index (χ0n) is 11.6. The Labute approximate surface area is 128 Å². The van der Waals surface area contributed by atoms with Crippen LogP contribution in [0.2, 0.25) is 5.15 Å². The van der Waals surface area contributed by atoms with Gasteiger partial charge in [0, 0.05) is 18.2 Å². The van der Waals surface area contributed by atoms with Gasteiger partial charge in [0.1, 0.15) is 11.8 Å². The first kappa shape index (κ1) is 15.0. The molecule has 0 N–H and O–H groups in total. The highest BCUT2D eigenvalue weighted by Crippen LogP contribution is 2.33. The fourth-order valence-electron chi connectivity index (χ4n) is 1.97. The molecular weight excluding hydrogens is 299 g/mol. The van der Waals surface area contributed by atoms with Gasteiger partial charge in [0.05, 0.1) is 18.7 Å². The third kappa shape index (κ3) is 2.86. The Balaban J connectivity index is 2.26. The fourth-order valence-corrected chi connectivity index (χ4v) is 2.41. The minimum Gasteiger partial charge on any atom is -0.493 e. The molecular formula is C14H16Cl2N2O2. The molecule has 0 unspecified atom stereocenters. The largest absolute Gasteiger partial charge is 0.493 e. The van der Waals surface area contributed by atoms with Gasteiger partial charge in [0.25, 0.3) is 0 Å². The van der Waals surface area contributed by atoms with Crippen molar-refractivity contribution in [2.24, 2.45) is 7.05 Å². The summed E-state index contributed by atoms with van der Waals surface area (Å²) in [5, 5.41) is 4.83. The second-order valence-corrected chi connectivity index (χ2v) is 4.97. The lowest BCUT2D eigenvalue weighted by Crippen LogP contribution is -2.01. The average molecular weight is 315 g/mol. The maximum Gasteiger partial charge on any atom is 0.166 e. The van der Waals surface area contributed by atoms with Crippen LogP contribution >= 0.6 is 23.2 Å². The van der Waals surface area contributed by atoms with E-state index in [1.54, 1.807) is 18.8 Å². The first-order chi connectivity index (χ1) is 9.58. The Bertz CT molecular complexity index is 589. The third-order valence-electron chi connectivity index (χ3n) is 3.06. The number of rotatable bonds is 5. The van der Waals surface area contributed by atoms with E-state index >= 15 is 0 Å². The van der Waals surface area contributed by atoms with Gasteiger partial charge in [-0.15, -0.1) is 11.6 Å². The molecule has 0 amide bonds. The van der Waals surface area contributed by atoms with Crippen LogP contribution in [0.5, 0.6) is 11.5 Å². The van der Waals surface area contributed by atoms with Crippen LogP contribution in [-0.2, 0) is 19.5 Å². The molecule has 0 fully saturated rings. The van der Waals surface area contributed by atoms with Gasteiger partial charge in [-0.05, 0) is 13.0 Å². The fraction of sp³-hybridized carbons (Fsp3) is 0.357. The summed E-state index contributed by atoms with van der Waals surface area (Å²) in [5.74, 6) is 1.65. The first-order valence-electron chi connectivity index (χ1n) is 6.11. The van der Waals surface area contributed by atoms with E-state index in [0.717, 1.165) is 16.8 Å². The van der Waals surface area contributed by atoms with E-state index in [4.69, 9.17) is 32.7 Å². The summed E-state index contributed by atoms with van der Waals surface area (Å²) in [4.78, 5) is 0. The Hall–Kier alpha value is -1.39. The third-order valence-corrected chi connectivity index (χ3v) is 3.82. The van der Waals surface area contributed by atoms with Crippen LogP contribution < -0.4 is 9.47 Å². The number of methoxy groups -OCH3 is 1. The molecule has 20 heavy (non-hydrogen) atoms. The quantitative estimate of drug-likeness (QED) is 0.789. The number of alkyl halides is 1. The molecule has 0 aliphatic carbocycles. The highest BCUT2D eigenvalue weighted by molar-refractivity contribution is 6.30. The molecule has 2 rings (SSSR count). The first-order valence-corrected chi connectivity index (χ1v) is 7.02. The van der Waals surface area contributed by atoms with Crippen molar-refractivity contribution < 1.29 is 9.47 Å². The normalized spacial score (nSPS) is 10.7. The molecule has 108 valence electrons. The van der Waals surface area contributed by atoms with Crippen LogP contribution in [0.4, 0.5) is 0 Å². The van der Waals surface area contributed by atoms with Crippen molar-refractivity contribution in [2.75, 3.05) is 7.11 Å². The lowest BCUT2D eigenvalue weighted by atomic mass is 10.2. The van der Waals surface area contributed by atoms with Crippen molar-refractivity contribution in [1.82, 2.24) is 9.78 Å². The maximum atomic E-state index is 6.19. The summed E-state index contributed by atoms with van der Waals surface area (Å²) in [6, 6.07) is 5.62. The van der Waals surface area contributed by atoms with E-state index in [0.29, 0.717) is 29.1 Å². The molecule has 0 atom stereocenters. The van der Waals surface area contributed by atoms with Crippen molar-refractivity contribution >= 4 is 23.2 Å². The molecule has 1 aromatic carbocycles. The van der Waals surface area contributed by atoms with Crippen LogP contribution in [0.15, 0.2) is 18.2 Å². The topological polar surface area (TPSA) is 36.3 Å². The SMILES string of the molecule is COc1cccc(CCl)c1OCc1c(C)nn(C)c1Cl. The van der Waals surface area contributed by atoms with Crippen molar-refractivity contribution in [3.63, 3.8) is 0 Å². The van der Waals surface area contributed by atoms with Crippen molar-refractivity contribution in [1.29, 1.82) is 0 Å². The molecule has 0 aliphatic heterocycles. The number of para-hydroxylation sites is 1. The minimum absolute atomic E-state index is 0.322. The van der Waals surface area contributed by atoms with Crippen molar-refractivity contribution in [2.45, 2.75) is 19.4 Å². The Morgan fingerprint density at radius 3 is 2.65 bits per heavy atom. The molecule has 0 bridgehead atoms. The molecule has 1 aromatic heterocycles. The lowest BCUT2D eigenvalue weighted by molar-refractivity contribution is 0.281. The Morgan fingerprint density at radius 2 is 2.10 bits per heavy atom. The summed E-state index contributed by atoms with van der Waals surface area (Å²) < 4.78 is 12.8. The van der Waals surface area contributed by atoms with Crippen LogP contribution in [0.3, 0.4) is 0 Å². The van der Waals surface area contributed by atoms with Gasteiger partial charge in [0.15, 0.2) is 11.5 Å². The van der Waals surface area contributed by atoms with Gasteiger partial charge in [-0.2, -0.15) is 5.10 Å².